The third kappa shape index (κ3) is 2.40. The van der Waals surface area contributed by atoms with E-state index >= 15 is 0 Å². The standard InChI is InChI=1S/C15H21N5O/c1-10-7-12(13-9-17-19(2)14(13)18-10)15(21)20-6-4-3-5-11(20)8-16/h7,9,11H,3-6,8,16H2,1-2H3/t11-/m0/s1. The highest BCUT2D eigenvalue weighted by Crippen LogP contribution is 2.23. The molecule has 0 radical (unpaired) electrons. The van der Waals surface area contributed by atoms with Crippen LogP contribution in [0.25, 0.3) is 11.0 Å². The number of amides is 1. The highest BCUT2D eigenvalue weighted by atomic mass is 16.2. The van der Waals surface area contributed by atoms with E-state index < -0.39 is 0 Å². The monoisotopic (exact) mass is 287 g/mol. The molecule has 112 valence electrons. The number of aromatic nitrogens is 3. The molecule has 1 saturated heterocycles. The summed E-state index contributed by atoms with van der Waals surface area (Å²) in [6.07, 6.45) is 4.89. The molecule has 0 saturated carbocycles. The zero-order valence-corrected chi connectivity index (χ0v) is 12.5. The van der Waals surface area contributed by atoms with Gasteiger partial charge in [-0.15, -0.1) is 0 Å². The molecule has 21 heavy (non-hydrogen) atoms. The van der Waals surface area contributed by atoms with Crippen molar-refractivity contribution in [2.24, 2.45) is 12.8 Å². The molecule has 0 aliphatic carbocycles. The number of nitrogens with two attached hydrogens (primary N) is 1. The first kappa shape index (κ1) is 14.0. The lowest BCUT2D eigenvalue weighted by molar-refractivity contribution is 0.0625. The molecular formula is C15H21N5O. The van der Waals surface area contributed by atoms with Crippen molar-refractivity contribution in [2.75, 3.05) is 13.1 Å². The van der Waals surface area contributed by atoms with Crippen molar-refractivity contribution in [1.82, 2.24) is 19.7 Å². The number of carbonyl (C=O) groups is 1. The lowest BCUT2D eigenvalue weighted by Crippen LogP contribution is -2.47. The Hall–Kier alpha value is -1.95. The number of hydrogen-bond donors (Lipinski definition) is 1. The number of piperidine rings is 1. The fourth-order valence-electron chi connectivity index (χ4n) is 3.08. The largest absolute Gasteiger partial charge is 0.334 e. The van der Waals surface area contributed by atoms with Gasteiger partial charge in [0.2, 0.25) is 0 Å². The molecule has 1 amide bonds. The van der Waals surface area contributed by atoms with Crippen molar-refractivity contribution in [1.29, 1.82) is 0 Å². The zero-order valence-electron chi connectivity index (χ0n) is 12.5. The maximum absolute atomic E-state index is 13.0. The summed E-state index contributed by atoms with van der Waals surface area (Å²) < 4.78 is 1.70. The number of aryl methyl sites for hydroxylation is 2. The summed E-state index contributed by atoms with van der Waals surface area (Å²) in [6.45, 7) is 3.20. The summed E-state index contributed by atoms with van der Waals surface area (Å²) in [5.74, 6) is 0.0497. The average Bonchev–Trinajstić information content (AvgIpc) is 2.87. The molecule has 2 aromatic rings. The first-order valence-electron chi connectivity index (χ1n) is 7.42. The van der Waals surface area contributed by atoms with Crippen LogP contribution in [-0.4, -0.2) is 44.7 Å². The van der Waals surface area contributed by atoms with Crippen LogP contribution in [0.1, 0.15) is 35.3 Å². The highest BCUT2D eigenvalue weighted by Gasteiger charge is 2.28. The molecule has 0 bridgehead atoms. The van der Waals surface area contributed by atoms with Gasteiger partial charge in [-0.3, -0.25) is 9.48 Å². The first-order chi connectivity index (χ1) is 10.1. The number of rotatable bonds is 2. The summed E-state index contributed by atoms with van der Waals surface area (Å²) in [6, 6.07) is 2.00. The minimum absolute atomic E-state index is 0.0497. The maximum atomic E-state index is 13.0. The van der Waals surface area contributed by atoms with E-state index in [0.717, 1.165) is 42.5 Å². The number of nitrogens with zero attached hydrogens (tertiary/aromatic N) is 4. The van der Waals surface area contributed by atoms with Crippen LogP contribution in [0.3, 0.4) is 0 Å². The van der Waals surface area contributed by atoms with Crippen molar-refractivity contribution in [3.05, 3.63) is 23.5 Å². The molecule has 0 aromatic carbocycles. The van der Waals surface area contributed by atoms with Crippen molar-refractivity contribution < 1.29 is 4.79 Å². The SMILES string of the molecule is Cc1cc(C(=O)N2CCCC[C@H]2CN)c2cnn(C)c2n1. The lowest BCUT2D eigenvalue weighted by Gasteiger charge is -2.35. The summed E-state index contributed by atoms with van der Waals surface area (Å²) in [5.41, 5.74) is 8.10. The fourth-order valence-corrected chi connectivity index (χ4v) is 3.08. The van der Waals surface area contributed by atoms with Gasteiger partial charge >= 0.3 is 0 Å². The van der Waals surface area contributed by atoms with Crippen LogP contribution in [0.15, 0.2) is 12.3 Å². The summed E-state index contributed by atoms with van der Waals surface area (Å²) in [5, 5.41) is 5.04. The van der Waals surface area contributed by atoms with Crippen LogP contribution in [0.2, 0.25) is 0 Å². The number of fused-ring (bicyclic) bond motifs is 1. The van der Waals surface area contributed by atoms with Crippen molar-refractivity contribution in [3.63, 3.8) is 0 Å². The van der Waals surface area contributed by atoms with Crippen LogP contribution in [0.4, 0.5) is 0 Å². The maximum Gasteiger partial charge on any atom is 0.255 e. The van der Waals surface area contributed by atoms with E-state index in [1.54, 1.807) is 10.9 Å². The molecule has 6 heteroatoms. The van der Waals surface area contributed by atoms with Gasteiger partial charge in [0.05, 0.1) is 17.1 Å². The minimum atomic E-state index is 0.0497. The van der Waals surface area contributed by atoms with Crippen LogP contribution in [-0.2, 0) is 7.05 Å². The van der Waals surface area contributed by atoms with Crippen molar-refractivity contribution >= 4 is 16.9 Å². The normalized spacial score (nSPS) is 19.2. The second kappa shape index (κ2) is 5.44. The van der Waals surface area contributed by atoms with E-state index in [2.05, 4.69) is 10.1 Å². The third-order valence-corrected chi connectivity index (χ3v) is 4.22. The average molecular weight is 287 g/mol. The molecule has 0 unspecified atom stereocenters. The molecule has 0 spiro atoms. The Morgan fingerprint density at radius 1 is 1.48 bits per heavy atom. The second-order valence-corrected chi connectivity index (χ2v) is 5.70. The predicted octanol–water partition coefficient (Wildman–Crippen LogP) is 1.23. The predicted molar refractivity (Wildman–Crippen MR) is 81.0 cm³/mol. The molecule has 6 nitrogen and oxygen atoms in total. The van der Waals surface area contributed by atoms with Crippen molar-refractivity contribution in [2.45, 2.75) is 32.2 Å². The topological polar surface area (TPSA) is 77.0 Å². The van der Waals surface area contributed by atoms with Crippen LogP contribution >= 0.6 is 0 Å². The molecule has 1 aliphatic rings. The van der Waals surface area contributed by atoms with Gasteiger partial charge in [0, 0.05) is 31.9 Å². The van der Waals surface area contributed by atoms with E-state index in [9.17, 15) is 4.79 Å². The van der Waals surface area contributed by atoms with E-state index in [0.29, 0.717) is 12.1 Å². The van der Waals surface area contributed by atoms with Gasteiger partial charge in [-0.25, -0.2) is 4.98 Å². The zero-order chi connectivity index (χ0) is 15.0. The molecule has 3 rings (SSSR count). The Morgan fingerprint density at radius 3 is 3.05 bits per heavy atom. The highest BCUT2D eigenvalue weighted by molar-refractivity contribution is 6.05. The van der Waals surface area contributed by atoms with Gasteiger partial charge in [0.15, 0.2) is 5.65 Å². The number of likely N-dealkylation sites (tertiary alicyclic amines) is 1. The van der Waals surface area contributed by atoms with E-state index in [4.69, 9.17) is 5.73 Å². The Labute approximate surface area is 123 Å². The summed E-state index contributed by atoms with van der Waals surface area (Å²) in [4.78, 5) is 19.3. The number of hydrogen-bond acceptors (Lipinski definition) is 4. The van der Waals surface area contributed by atoms with E-state index in [1.807, 2.05) is 24.9 Å². The molecular weight excluding hydrogens is 266 g/mol. The number of carbonyl (C=O) groups excluding carboxylic acids is 1. The Kier molecular flexibility index (Phi) is 3.63. The van der Waals surface area contributed by atoms with Crippen LogP contribution < -0.4 is 5.73 Å². The van der Waals surface area contributed by atoms with Crippen LogP contribution in [0.5, 0.6) is 0 Å². The summed E-state index contributed by atoms with van der Waals surface area (Å²) in [7, 11) is 1.84. The Bertz CT molecular complexity index is 678. The second-order valence-electron chi connectivity index (χ2n) is 5.70. The fraction of sp³-hybridized carbons (Fsp3) is 0.533. The summed E-state index contributed by atoms with van der Waals surface area (Å²) >= 11 is 0. The van der Waals surface area contributed by atoms with E-state index in [-0.39, 0.29) is 11.9 Å². The van der Waals surface area contributed by atoms with E-state index in [1.165, 1.54) is 0 Å². The van der Waals surface area contributed by atoms with Crippen LogP contribution in [0, 0.1) is 6.92 Å². The van der Waals surface area contributed by atoms with Gasteiger partial charge in [0.1, 0.15) is 0 Å². The van der Waals surface area contributed by atoms with Crippen molar-refractivity contribution in [3.8, 4) is 0 Å². The smallest absolute Gasteiger partial charge is 0.255 e. The van der Waals surface area contributed by atoms with Gasteiger partial charge < -0.3 is 10.6 Å². The van der Waals surface area contributed by atoms with Gasteiger partial charge in [-0.05, 0) is 32.3 Å². The van der Waals surface area contributed by atoms with Gasteiger partial charge in [-0.2, -0.15) is 5.10 Å². The molecule has 3 heterocycles. The third-order valence-electron chi connectivity index (χ3n) is 4.22. The molecule has 2 aromatic heterocycles. The molecule has 1 aliphatic heterocycles. The van der Waals surface area contributed by atoms with Gasteiger partial charge in [-0.1, -0.05) is 0 Å². The lowest BCUT2D eigenvalue weighted by atomic mass is 10.0. The molecule has 1 fully saturated rings. The molecule has 2 N–H and O–H groups in total. The van der Waals surface area contributed by atoms with Gasteiger partial charge in [0.25, 0.3) is 5.91 Å². The Morgan fingerprint density at radius 2 is 2.29 bits per heavy atom. The number of pyridine rings is 1. The quantitative estimate of drug-likeness (QED) is 0.901. The minimum Gasteiger partial charge on any atom is -0.334 e. The molecule has 1 atom stereocenters. The Balaban J connectivity index is 2.04. The first-order valence-corrected chi connectivity index (χ1v) is 7.42.